The fourth-order valence-electron chi connectivity index (χ4n) is 5.58. The average molecular weight is 473 g/mol. The van der Waals surface area contributed by atoms with Crippen LogP contribution in [0.4, 0.5) is 5.82 Å². The molecule has 1 N–H and O–H groups in total. The summed E-state index contributed by atoms with van der Waals surface area (Å²) in [5.41, 5.74) is 2.69. The molecule has 2 aromatic carbocycles. The number of hydrogen-bond acceptors (Lipinski definition) is 4. The minimum absolute atomic E-state index is 0.0173. The second-order valence-electron chi connectivity index (χ2n) is 10.1. The molecule has 35 heavy (non-hydrogen) atoms. The van der Waals surface area contributed by atoms with Crippen LogP contribution in [0.1, 0.15) is 63.4 Å². The van der Waals surface area contributed by atoms with E-state index in [1.54, 1.807) is 0 Å². The molecular weight excluding hydrogens is 436 g/mol. The lowest BCUT2D eigenvalue weighted by atomic mass is 9.93. The zero-order chi connectivity index (χ0) is 24.0. The SMILES string of the molecule is O=C(NC1CCCCCCC1)C1CCN(c2nc3ccccc3n(Cc3ccccc3)c2=O)CC1. The van der Waals surface area contributed by atoms with Gasteiger partial charge in [0.1, 0.15) is 0 Å². The van der Waals surface area contributed by atoms with Gasteiger partial charge >= 0.3 is 0 Å². The van der Waals surface area contributed by atoms with Gasteiger partial charge in [-0.3, -0.25) is 14.2 Å². The third-order valence-corrected chi connectivity index (χ3v) is 7.64. The number of para-hydroxylation sites is 2. The number of amides is 1. The van der Waals surface area contributed by atoms with Gasteiger partial charge in [0.05, 0.1) is 17.6 Å². The van der Waals surface area contributed by atoms with Crippen molar-refractivity contribution in [2.45, 2.75) is 70.4 Å². The van der Waals surface area contributed by atoms with Crippen LogP contribution in [0.2, 0.25) is 0 Å². The van der Waals surface area contributed by atoms with Gasteiger partial charge in [0.15, 0.2) is 5.82 Å². The minimum atomic E-state index is -0.0648. The van der Waals surface area contributed by atoms with E-state index in [0.717, 1.165) is 42.3 Å². The van der Waals surface area contributed by atoms with Crippen LogP contribution >= 0.6 is 0 Å². The second-order valence-corrected chi connectivity index (χ2v) is 10.1. The molecule has 1 aliphatic carbocycles. The predicted molar refractivity (Wildman–Crippen MR) is 141 cm³/mol. The lowest BCUT2D eigenvalue weighted by Gasteiger charge is -2.33. The molecule has 1 amide bonds. The number of carbonyl (C=O) groups is 1. The fraction of sp³-hybridized carbons (Fsp3) is 0.483. The first-order chi connectivity index (χ1) is 17.2. The molecule has 1 saturated heterocycles. The van der Waals surface area contributed by atoms with Crippen LogP contribution in [0, 0.1) is 5.92 Å². The molecule has 0 atom stereocenters. The van der Waals surface area contributed by atoms with E-state index in [1.165, 1.54) is 32.1 Å². The van der Waals surface area contributed by atoms with E-state index < -0.39 is 0 Å². The van der Waals surface area contributed by atoms with E-state index in [-0.39, 0.29) is 17.4 Å². The number of hydrogen-bond donors (Lipinski definition) is 1. The summed E-state index contributed by atoms with van der Waals surface area (Å²) in [6, 6.07) is 18.2. The van der Waals surface area contributed by atoms with Crippen molar-refractivity contribution in [2.24, 2.45) is 5.92 Å². The van der Waals surface area contributed by atoms with E-state index in [1.807, 2.05) is 59.2 Å². The van der Waals surface area contributed by atoms with Gasteiger partial charge in [-0.1, -0.05) is 74.6 Å². The van der Waals surface area contributed by atoms with Gasteiger partial charge in [-0.25, -0.2) is 4.98 Å². The van der Waals surface area contributed by atoms with Crippen molar-refractivity contribution in [1.29, 1.82) is 0 Å². The molecule has 1 aromatic heterocycles. The Balaban J connectivity index is 1.30. The number of nitrogens with zero attached hydrogens (tertiary/aromatic N) is 3. The smallest absolute Gasteiger partial charge is 0.294 e. The van der Waals surface area contributed by atoms with Gasteiger partial charge in [-0.2, -0.15) is 0 Å². The Hall–Kier alpha value is -3.15. The van der Waals surface area contributed by atoms with Gasteiger partial charge in [0.2, 0.25) is 5.91 Å². The number of piperidine rings is 1. The molecule has 0 unspecified atom stereocenters. The molecule has 0 bridgehead atoms. The molecule has 2 aliphatic rings. The van der Waals surface area contributed by atoms with E-state index >= 15 is 0 Å². The zero-order valence-corrected chi connectivity index (χ0v) is 20.5. The van der Waals surface area contributed by atoms with Gasteiger partial charge < -0.3 is 10.2 Å². The highest BCUT2D eigenvalue weighted by Gasteiger charge is 2.29. The lowest BCUT2D eigenvalue weighted by Crippen LogP contribution is -2.45. The summed E-state index contributed by atoms with van der Waals surface area (Å²) < 4.78 is 1.83. The molecule has 6 heteroatoms. The molecular formula is C29H36N4O2. The standard InChI is InChI=1S/C29H36N4O2/c34-28(30-24-13-7-2-1-3-8-14-24)23-17-19-32(20-18-23)27-29(35)33(21-22-11-5-4-6-12-22)26-16-10-9-15-25(26)31-27/h4-6,9-12,15-16,23-24H,1-3,7-8,13-14,17-21H2,(H,30,34). The van der Waals surface area contributed by atoms with Gasteiger partial charge in [-0.15, -0.1) is 0 Å². The maximum atomic E-state index is 13.6. The van der Waals surface area contributed by atoms with E-state index in [0.29, 0.717) is 31.5 Å². The molecule has 1 aliphatic heterocycles. The van der Waals surface area contributed by atoms with Crippen molar-refractivity contribution >= 4 is 22.8 Å². The Kier molecular flexibility index (Phi) is 7.45. The summed E-state index contributed by atoms with van der Waals surface area (Å²) in [6.45, 7) is 1.86. The van der Waals surface area contributed by atoms with Crippen LogP contribution in [0.5, 0.6) is 0 Å². The Morgan fingerprint density at radius 1 is 0.857 bits per heavy atom. The molecule has 0 spiro atoms. The van der Waals surface area contributed by atoms with Crippen molar-refractivity contribution in [3.05, 3.63) is 70.5 Å². The van der Waals surface area contributed by atoms with E-state index in [4.69, 9.17) is 4.98 Å². The van der Waals surface area contributed by atoms with Crippen LogP contribution in [-0.2, 0) is 11.3 Å². The second kappa shape index (κ2) is 11.1. The molecule has 2 fully saturated rings. The zero-order valence-electron chi connectivity index (χ0n) is 20.5. The minimum Gasteiger partial charge on any atom is -0.353 e. The summed E-state index contributed by atoms with van der Waals surface area (Å²) in [7, 11) is 0. The predicted octanol–water partition coefficient (Wildman–Crippen LogP) is 4.89. The highest BCUT2D eigenvalue weighted by molar-refractivity contribution is 5.79. The van der Waals surface area contributed by atoms with Crippen LogP contribution in [0.25, 0.3) is 11.0 Å². The maximum absolute atomic E-state index is 13.6. The Morgan fingerprint density at radius 2 is 1.51 bits per heavy atom. The van der Waals surface area contributed by atoms with Crippen molar-refractivity contribution in [3.63, 3.8) is 0 Å². The highest BCUT2D eigenvalue weighted by Crippen LogP contribution is 2.24. The molecule has 6 nitrogen and oxygen atoms in total. The van der Waals surface area contributed by atoms with Crippen LogP contribution in [0.15, 0.2) is 59.4 Å². The quantitative estimate of drug-likeness (QED) is 0.574. The molecule has 2 heterocycles. The maximum Gasteiger partial charge on any atom is 0.294 e. The number of benzene rings is 2. The highest BCUT2D eigenvalue weighted by atomic mass is 16.2. The average Bonchev–Trinajstić information content (AvgIpc) is 2.88. The number of fused-ring (bicyclic) bond motifs is 1. The first kappa shape index (κ1) is 23.6. The van der Waals surface area contributed by atoms with Gasteiger partial charge in [0.25, 0.3) is 5.56 Å². The van der Waals surface area contributed by atoms with E-state index in [9.17, 15) is 9.59 Å². The molecule has 3 aromatic rings. The molecule has 1 saturated carbocycles. The largest absolute Gasteiger partial charge is 0.353 e. The summed E-state index contributed by atoms with van der Waals surface area (Å²) in [4.78, 5) is 33.5. The monoisotopic (exact) mass is 472 g/mol. The Bertz CT molecular complexity index is 1190. The van der Waals surface area contributed by atoms with Crippen molar-refractivity contribution in [3.8, 4) is 0 Å². The van der Waals surface area contributed by atoms with Gasteiger partial charge in [-0.05, 0) is 43.4 Å². The number of carbonyl (C=O) groups excluding carboxylic acids is 1. The first-order valence-electron chi connectivity index (χ1n) is 13.3. The topological polar surface area (TPSA) is 67.2 Å². The van der Waals surface area contributed by atoms with Crippen molar-refractivity contribution < 1.29 is 4.79 Å². The molecule has 0 radical (unpaired) electrons. The molecule has 184 valence electrons. The van der Waals surface area contributed by atoms with Crippen LogP contribution < -0.4 is 15.8 Å². The van der Waals surface area contributed by atoms with Gasteiger partial charge in [0, 0.05) is 25.0 Å². The molecule has 5 rings (SSSR count). The summed E-state index contributed by atoms with van der Waals surface area (Å²) in [6.07, 6.45) is 10.0. The lowest BCUT2D eigenvalue weighted by molar-refractivity contribution is -0.126. The third-order valence-electron chi connectivity index (χ3n) is 7.64. The fourth-order valence-corrected chi connectivity index (χ4v) is 5.58. The number of nitrogens with one attached hydrogen (secondary N) is 1. The Morgan fingerprint density at radius 3 is 2.26 bits per heavy atom. The first-order valence-corrected chi connectivity index (χ1v) is 13.3. The van der Waals surface area contributed by atoms with Crippen molar-refractivity contribution in [1.82, 2.24) is 14.9 Å². The summed E-state index contributed by atoms with van der Waals surface area (Å²) >= 11 is 0. The van der Waals surface area contributed by atoms with E-state index in [2.05, 4.69) is 10.2 Å². The number of rotatable bonds is 5. The normalized spacial score (nSPS) is 18.2. The summed E-state index contributed by atoms with van der Waals surface area (Å²) in [5.74, 6) is 0.713. The van der Waals surface area contributed by atoms with Crippen LogP contribution in [-0.4, -0.2) is 34.6 Å². The van der Waals surface area contributed by atoms with Crippen LogP contribution in [0.3, 0.4) is 0 Å². The Labute approximate surface area is 207 Å². The number of anilines is 1. The van der Waals surface area contributed by atoms with Crippen molar-refractivity contribution in [2.75, 3.05) is 18.0 Å². The third kappa shape index (κ3) is 5.58. The number of aromatic nitrogens is 2. The summed E-state index contributed by atoms with van der Waals surface area (Å²) in [5, 5.41) is 3.34.